The fourth-order valence-corrected chi connectivity index (χ4v) is 2.11. The van der Waals surface area contributed by atoms with Gasteiger partial charge >= 0.3 is 33.5 Å². The quantitative estimate of drug-likeness (QED) is 0.370. The number of benzene rings is 1. The van der Waals surface area contributed by atoms with Gasteiger partial charge in [-0.15, -0.1) is 0 Å². The van der Waals surface area contributed by atoms with E-state index in [4.69, 9.17) is 9.29 Å². The molecule has 0 aliphatic heterocycles. The van der Waals surface area contributed by atoms with E-state index in [1.807, 2.05) is 0 Å². The molecule has 1 unspecified atom stereocenters. The molecule has 0 bridgehead atoms. The van der Waals surface area contributed by atoms with Crippen LogP contribution in [0.5, 0.6) is 0 Å². The number of hydrogen-bond acceptors (Lipinski definition) is 6. The lowest BCUT2D eigenvalue weighted by atomic mass is 9.87. The standard InChI is InChI=1S/C16H17F5O7S/c1-3-14(2,16(19,20)21)12(22)27-8-10-4-6-11(7-5-10)9-28-13(23)15(17,18)29(24,25)26/h4-7H,3,8-9H2,1-2H3,(H,24,25,26). The van der Waals surface area contributed by atoms with Gasteiger partial charge in [-0.2, -0.15) is 30.4 Å². The van der Waals surface area contributed by atoms with Gasteiger partial charge in [-0.05, 0) is 24.5 Å². The van der Waals surface area contributed by atoms with Crippen LogP contribution in [-0.4, -0.2) is 36.3 Å². The van der Waals surface area contributed by atoms with Crippen LogP contribution in [0.1, 0.15) is 31.4 Å². The number of hydrogen-bond donors (Lipinski definition) is 1. The fraction of sp³-hybridized carbons (Fsp3) is 0.500. The molecule has 0 radical (unpaired) electrons. The molecule has 0 aromatic heterocycles. The molecule has 1 aromatic carbocycles. The molecular formula is C16H17F5O7S. The van der Waals surface area contributed by atoms with E-state index >= 15 is 0 Å². The van der Waals surface area contributed by atoms with E-state index in [1.54, 1.807) is 0 Å². The van der Waals surface area contributed by atoms with Gasteiger partial charge in [-0.1, -0.05) is 31.2 Å². The normalized spacial score (nSPS) is 14.8. The Labute approximate surface area is 162 Å². The molecule has 0 aliphatic rings. The molecule has 0 amide bonds. The zero-order chi connectivity index (χ0) is 22.7. The molecule has 164 valence electrons. The van der Waals surface area contributed by atoms with Gasteiger partial charge in [0.1, 0.15) is 13.2 Å². The third-order valence-electron chi connectivity index (χ3n) is 4.11. The molecule has 13 heteroatoms. The highest BCUT2D eigenvalue weighted by molar-refractivity contribution is 7.87. The third kappa shape index (κ3) is 5.63. The summed E-state index contributed by atoms with van der Waals surface area (Å²) in [6, 6.07) is 5.00. The lowest BCUT2D eigenvalue weighted by molar-refractivity contribution is -0.231. The summed E-state index contributed by atoms with van der Waals surface area (Å²) < 4.78 is 103. The first-order chi connectivity index (χ1) is 13.1. The molecule has 1 rings (SSSR count). The van der Waals surface area contributed by atoms with Crippen LogP contribution in [0.25, 0.3) is 0 Å². The minimum Gasteiger partial charge on any atom is -0.460 e. The van der Waals surface area contributed by atoms with Crippen LogP contribution in [0.2, 0.25) is 0 Å². The first-order valence-corrected chi connectivity index (χ1v) is 9.34. The minimum atomic E-state index is -5.99. The zero-order valence-corrected chi connectivity index (χ0v) is 15.9. The average molecular weight is 448 g/mol. The summed E-state index contributed by atoms with van der Waals surface area (Å²) >= 11 is 0. The van der Waals surface area contributed by atoms with Gasteiger partial charge in [0, 0.05) is 0 Å². The number of rotatable bonds is 8. The number of carbonyl (C=O) groups is 2. The summed E-state index contributed by atoms with van der Waals surface area (Å²) in [5.41, 5.74) is -2.29. The van der Waals surface area contributed by atoms with Crippen molar-refractivity contribution < 1.29 is 54.0 Å². The monoisotopic (exact) mass is 448 g/mol. The van der Waals surface area contributed by atoms with Gasteiger partial charge in [-0.3, -0.25) is 9.35 Å². The lowest BCUT2D eigenvalue weighted by Crippen LogP contribution is -2.43. The molecule has 0 fully saturated rings. The van der Waals surface area contributed by atoms with Crippen molar-refractivity contribution in [1.29, 1.82) is 0 Å². The average Bonchev–Trinajstić information content (AvgIpc) is 2.62. The van der Waals surface area contributed by atoms with Crippen molar-refractivity contribution in [2.75, 3.05) is 0 Å². The SMILES string of the molecule is CCC(C)(C(=O)OCc1ccc(COC(=O)C(F)(F)S(=O)(=O)O)cc1)C(F)(F)F. The van der Waals surface area contributed by atoms with Gasteiger partial charge in [0.25, 0.3) is 0 Å². The second-order valence-electron chi connectivity index (χ2n) is 6.14. The Bertz CT molecular complexity index is 849. The number of esters is 2. The Morgan fingerprint density at radius 1 is 0.931 bits per heavy atom. The summed E-state index contributed by atoms with van der Waals surface area (Å²) in [5, 5.41) is -5.13. The molecule has 29 heavy (non-hydrogen) atoms. The Morgan fingerprint density at radius 2 is 1.31 bits per heavy atom. The molecule has 0 saturated carbocycles. The first kappa shape index (κ1) is 24.8. The molecule has 1 atom stereocenters. The van der Waals surface area contributed by atoms with E-state index in [0.717, 1.165) is 6.92 Å². The highest BCUT2D eigenvalue weighted by Crippen LogP contribution is 2.41. The molecule has 0 saturated heterocycles. The largest absolute Gasteiger partial charge is 0.465 e. The van der Waals surface area contributed by atoms with Crippen molar-refractivity contribution in [3.63, 3.8) is 0 Å². The van der Waals surface area contributed by atoms with E-state index in [1.165, 1.54) is 31.2 Å². The van der Waals surface area contributed by atoms with E-state index in [0.29, 0.717) is 0 Å². The number of ether oxygens (including phenoxy) is 2. The van der Waals surface area contributed by atoms with Crippen molar-refractivity contribution in [3.8, 4) is 0 Å². The molecule has 1 N–H and O–H groups in total. The molecular weight excluding hydrogens is 431 g/mol. The summed E-state index contributed by atoms with van der Waals surface area (Å²) in [7, 11) is -5.99. The fourth-order valence-electron chi connectivity index (χ4n) is 1.84. The van der Waals surface area contributed by atoms with Crippen LogP contribution >= 0.6 is 0 Å². The minimum absolute atomic E-state index is 0.119. The molecule has 0 spiro atoms. The van der Waals surface area contributed by atoms with Gasteiger partial charge in [0.05, 0.1) is 0 Å². The molecule has 1 aromatic rings. The number of halogens is 5. The summed E-state index contributed by atoms with van der Waals surface area (Å²) in [5.74, 6) is -3.94. The third-order valence-corrected chi connectivity index (χ3v) is 4.92. The van der Waals surface area contributed by atoms with Gasteiger partial charge in [-0.25, -0.2) is 4.79 Å². The second-order valence-corrected chi connectivity index (χ2v) is 7.61. The Balaban J connectivity index is 2.69. The van der Waals surface area contributed by atoms with Gasteiger partial charge in [0.15, 0.2) is 5.41 Å². The molecule has 0 heterocycles. The van der Waals surface area contributed by atoms with Crippen molar-refractivity contribution in [3.05, 3.63) is 35.4 Å². The van der Waals surface area contributed by atoms with Crippen LogP contribution in [-0.2, 0) is 42.4 Å². The van der Waals surface area contributed by atoms with Crippen LogP contribution in [0.4, 0.5) is 22.0 Å². The van der Waals surface area contributed by atoms with Crippen LogP contribution < -0.4 is 0 Å². The maximum Gasteiger partial charge on any atom is 0.465 e. The van der Waals surface area contributed by atoms with Crippen molar-refractivity contribution in [2.24, 2.45) is 5.41 Å². The topological polar surface area (TPSA) is 107 Å². The second kappa shape index (κ2) is 8.61. The van der Waals surface area contributed by atoms with Crippen LogP contribution in [0.3, 0.4) is 0 Å². The number of alkyl halides is 5. The zero-order valence-electron chi connectivity index (χ0n) is 15.1. The van der Waals surface area contributed by atoms with E-state index in [2.05, 4.69) is 4.74 Å². The first-order valence-electron chi connectivity index (χ1n) is 7.90. The van der Waals surface area contributed by atoms with Crippen molar-refractivity contribution in [1.82, 2.24) is 0 Å². The smallest absolute Gasteiger partial charge is 0.460 e. The van der Waals surface area contributed by atoms with Crippen molar-refractivity contribution >= 4 is 22.1 Å². The summed E-state index contributed by atoms with van der Waals surface area (Å²) in [6.45, 7) is 0.642. The summed E-state index contributed by atoms with van der Waals surface area (Å²) in [6.07, 6.45) is -5.31. The molecule has 0 aliphatic carbocycles. The lowest BCUT2D eigenvalue weighted by Gasteiger charge is -2.28. The van der Waals surface area contributed by atoms with E-state index in [-0.39, 0.29) is 11.1 Å². The Kier molecular flexibility index (Phi) is 7.35. The van der Waals surface area contributed by atoms with Crippen LogP contribution in [0, 0.1) is 5.41 Å². The van der Waals surface area contributed by atoms with Crippen molar-refractivity contribution in [2.45, 2.75) is 44.9 Å². The maximum absolute atomic E-state index is 13.0. The number of carbonyl (C=O) groups excluding carboxylic acids is 2. The van der Waals surface area contributed by atoms with E-state index in [9.17, 15) is 40.0 Å². The van der Waals surface area contributed by atoms with Gasteiger partial charge < -0.3 is 9.47 Å². The highest BCUT2D eigenvalue weighted by atomic mass is 32.2. The van der Waals surface area contributed by atoms with Gasteiger partial charge in [0.2, 0.25) is 0 Å². The Morgan fingerprint density at radius 3 is 1.62 bits per heavy atom. The Hall–Kier alpha value is -2.28. The predicted molar refractivity (Wildman–Crippen MR) is 87.0 cm³/mol. The van der Waals surface area contributed by atoms with Crippen LogP contribution in [0.15, 0.2) is 24.3 Å². The predicted octanol–water partition coefficient (Wildman–Crippen LogP) is 3.23. The highest BCUT2D eigenvalue weighted by Gasteiger charge is 2.56. The molecule has 7 nitrogen and oxygen atoms in total. The van der Waals surface area contributed by atoms with E-state index < -0.39 is 58.5 Å². The maximum atomic E-state index is 13.0. The summed E-state index contributed by atoms with van der Waals surface area (Å²) in [4.78, 5) is 22.9.